The van der Waals surface area contributed by atoms with Gasteiger partial charge in [0.05, 0.1) is 5.97 Å². The molecule has 0 saturated heterocycles. The maximum atomic E-state index is 10.1. The van der Waals surface area contributed by atoms with Gasteiger partial charge in [0.15, 0.2) is 0 Å². The topological polar surface area (TPSA) is 49.4 Å². The fourth-order valence-corrected chi connectivity index (χ4v) is 0.634. The molecular formula is C8H13O3-. The quantitative estimate of drug-likeness (QED) is 0.406. The van der Waals surface area contributed by atoms with Crippen LogP contribution < -0.4 is 5.11 Å². The van der Waals surface area contributed by atoms with Crippen molar-refractivity contribution in [1.82, 2.24) is 0 Å². The van der Waals surface area contributed by atoms with Crippen molar-refractivity contribution >= 4 is 5.97 Å². The molecule has 11 heavy (non-hydrogen) atoms. The normalized spacial score (nSPS) is 9.55. The third kappa shape index (κ3) is 5.61. The van der Waals surface area contributed by atoms with E-state index in [4.69, 9.17) is 4.74 Å². The van der Waals surface area contributed by atoms with E-state index in [1.165, 1.54) is 0 Å². The molecule has 0 unspecified atom stereocenters. The van der Waals surface area contributed by atoms with E-state index >= 15 is 0 Å². The molecule has 0 amide bonds. The summed E-state index contributed by atoms with van der Waals surface area (Å²) in [7, 11) is 0. The second-order valence-electron chi connectivity index (χ2n) is 2.19. The zero-order valence-corrected chi connectivity index (χ0v) is 6.76. The average molecular weight is 157 g/mol. The Kier molecular flexibility index (Phi) is 5.47. The molecule has 0 aliphatic rings. The summed E-state index contributed by atoms with van der Waals surface area (Å²) in [5.74, 6) is -1.17. The van der Waals surface area contributed by atoms with Crippen molar-refractivity contribution < 1.29 is 14.6 Å². The van der Waals surface area contributed by atoms with Crippen LogP contribution in [0.4, 0.5) is 0 Å². The molecule has 0 radical (unpaired) electrons. The number of ether oxygens (including phenoxy) is 1. The van der Waals surface area contributed by atoms with Crippen molar-refractivity contribution in [3.63, 3.8) is 0 Å². The average Bonchev–Trinajstić information content (AvgIpc) is 1.97. The van der Waals surface area contributed by atoms with Gasteiger partial charge in [-0.1, -0.05) is 6.58 Å². The Morgan fingerprint density at radius 3 is 2.73 bits per heavy atom. The van der Waals surface area contributed by atoms with Crippen LogP contribution in [0, 0.1) is 0 Å². The number of aliphatic carboxylic acids is 1. The zero-order valence-electron chi connectivity index (χ0n) is 6.76. The van der Waals surface area contributed by atoms with Crippen molar-refractivity contribution in [2.24, 2.45) is 0 Å². The number of hydrogen-bond donors (Lipinski definition) is 0. The van der Waals surface area contributed by atoms with Crippen LogP contribution in [-0.4, -0.2) is 19.2 Å². The SMILES string of the molecule is C=C(CCCOCC)C(=O)[O-]. The van der Waals surface area contributed by atoms with E-state index in [0.717, 1.165) is 0 Å². The number of carboxylic acids is 1. The number of carbonyl (C=O) groups is 1. The highest BCUT2D eigenvalue weighted by molar-refractivity contribution is 5.83. The van der Waals surface area contributed by atoms with Crippen molar-refractivity contribution in [2.75, 3.05) is 13.2 Å². The van der Waals surface area contributed by atoms with Gasteiger partial charge in [-0.25, -0.2) is 0 Å². The van der Waals surface area contributed by atoms with Gasteiger partial charge < -0.3 is 14.6 Å². The van der Waals surface area contributed by atoms with Crippen molar-refractivity contribution in [3.8, 4) is 0 Å². The van der Waals surface area contributed by atoms with Gasteiger partial charge in [-0.3, -0.25) is 0 Å². The van der Waals surface area contributed by atoms with Crippen LogP contribution in [0.1, 0.15) is 19.8 Å². The highest BCUT2D eigenvalue weighted by Gasteiger charge is 1.93. The van der Waals surface area contributed by atoms with Gasteiger partial charge in [0.1, 0.15) is 0 Å². The third-order valence-electron chi connectivity index (χ3n) is 1.26. The fraction of sp³-hybridized carbons (Fsp3) is 0.625. The summed E-state index contributed by atoms with van der Waals surface area (Å²) in [6.45, 7) is 6.48. The molecule has 64 valence electrons. The molecule has 0 aromatic rings. The molecule has 0 aliphatic heterocycles. The summed E-state index contributed by atoms with van der Waals surface area (Å²) < 4.78 is 5.01. The third-order valence-corrected chi connectivity index (χ3v) is 1.26. The van der Waals surface area contributed by atoms with E-state index in [1.54, 1.807) is 0 Å². The molecule has 0 rings (SSSR count). The largest absolute Gasteiger partial charge is 0.545 e. The molecule has 3 nitrogen and oxygen atoms in total. The van der Waals surface area contributed by atoms with Gasteiger partial charge in [-0.2, -0.15) is 0 Å². The van der Waals surface area contributed by atoms with Crippen molar-refractivity contribution in [3.05, 3.63) is 12.2 Å². The molecule has 3 heteroatoms. The van der Waals surface area contributed by atoms with Gasteiger partial charge in [0.2, 0.25) is 0 Å². The van der Waals surface area contributed by atoms with E-state index in [2.05, 4.69) is 6.58 Å². The number of rotatable bonds is 6. The number of hydrogen-bond acceptors (Lipinski definition) is 3. The maximum absolute atomic E-state index is 10.1. The number of carbonyl (C=O) groups excluding carboxylic acids is 1. The van der Waals surface area contributed by atoms with Crippen LogP contribution in [0.3, 0.4) is 0 Å². The van der Waals surface area contributed by atoms with E-state index in [1.807, 2.05) is 6.92 Å². The molecule has 0 N–H and O–H groups in total. The second kappa shape index (κ2) is 5.92. The highest BCUT2D eigenvalue weighted by atomic mass is 16.5. The van der Waals surface area contributed by atoms with Crippen LogP contribution in [0.2, 0.25) is 0 Å². The lowest BCUT2D eigenvalue weighted by Gasteiger charge is -2.05. The first-order valence-corrected chi connectivity index (χ1v) is 3.65. The lowest BCUT2D eigenvalue weighted by atomic mass is 10.2. The minimum Gasteiger partial charge on any atom is -0.545 e. The Hall–Kier alpha value is -0.830. The molecule has 0 spiro atoms. The summed E-state index contributed by atoms with van der Waals surface area (Å²) in [4.78, 5) is 10.1. The minimum absolute atomic E-state index is 0.143. The summed E-state index contributed by atoms with van der Waals surface area (Å²) in [6, 6.07) is 0. The van der Waals surface area contributed by atoms with Crippen LogP contribution in [0.15, 0.2) is 12.2 Å². The molecule has 0 heterocycles. The summed E-state index contributed by atoms with van der Waals surface area (Å²) in [5.41, 5.74) is 0.143. The summed E-state index contributed by atoms with van der Waals surface area (Å²) in [6.07, 6.45) is 1.14. The van der Waals surface area contributed by atoms with E-state index in [9.17, 15) is 9.90 Å². The maximum Gasteiger partial charge on any atom is 0.0668 e. The standard InChI is InChI=1S/C8H14O3/c1-3-11-6-4-5-7(2)8(9)10/h2-6H2,1H3,(H,9,10)/p-1. The monoisotopic (exact) mass is 157 g/mol. The number of carboxylic acid groups (broad SMARTS) is 1. The van der Waals surface area contributed by atoms with Crippen molar-refractivity contribution in [1.29, 1.82) is 0 Å². The lowest BCUT2D eigenvalue weighted by Crippen LogP contribution is -2.23. The predicted molar refractivity (Wildman–Crippen MR) is 39.9 cm³/mol. The van der Waals surface area contributed by atoms with Crippen LogP contribution in [0.25, 0.3) is 0 Å². The van der Waals surface area contributed by atoms with Crippen molar-refractivity contribution in [2.45, 2.75) is 19.8 Å². The Labute approximate surface area is 66.7 Å². The van der Waals surface area contributed by atoms with Gasteiger partial charge in [0, 0.05) is 13.2 Å². The van der Waals surface area contributed by atoms with Crippen LogP contribution >= 0.6 is 0 Å². The molecule has 0 aromatic heterocycles. The van der Waals surface area contributed by atoms with Gasteiger partial charge >= 0.3 is 0 Å². The molecule has 0 bridgehead atoms. The summed E-state index contributed by atoms with van der Waals surface area (Å²) >= 11 is 0. The highest BCUT2D eigenvalue weighted by Crippen LogP contribution is 2.00. The van der Waals surface area contributed by atoms with Gasteiger partial charge in [0.25, 0.3) is 0 Å². The lowest BCUT2D eigenvalue weighted by molar-refractivity contribution is -0.299. The fourth-order valence-electron chi connectivity index (χ4n) is 0.634. The van der Waals surface area contributed by atoms with Crippen LogP contribution in [-0.2, 0) is 9.53 Å². The van der Waals surface area contributed by atoms with E-state index < -0.39 is 5.97 Å². The van der Waals surface area contributed by atoms with Crippen LogP contribution in [0.5, 0.6) is 0 Å². The molecule has 0 atom stereocenters. The Balaban J connectivity index is 3.25. The second-order valence-corrected chi connectivity index (χ2v) is 2.19. The first-order valence-electron chi connectivity index (χ1n) is 3.65. The molecular weight excluding hydrogens is 144 g/mol. The first-order chi connectivity index (χ1) is 5.18. The smallest absolute Gasteiger partial charge is 0.0668 e. The van der Waals surface area contributed by atoms with Gasteiger partial charge in [-0.05, 0) is 25.3 Å². The predicted octanol–water partition coefficient (Wildman–Crippen LogP) is 0.109. The van der Waals surface area contributed by atoms with Gasteiger partial charge in [-0.15, -0.1) is 0 Å². The first kappa shape index (κ1) is 10.2. The summed E-state index contributed by atoms with van der Waals surface area (Å²) in [5, 5.41) is 10.1. The Morgan fingerprint density at radius 1 is 1.64 bits per heavy atom. The van der Waals surface area contributed by atoms with E-state index in [0.29, 0.717) is 26.1 Å². The van der Waals surface area contributed by atoms with E-state index in [-0.39, 0.29) is 5.57 Å². The zero-order chi connectivity index (χ0) is 8.69. The Morgan fingerprint density at radius 2 is 2.27 bits per heavy atom. The minimum atomic E-state index is -1.17. The Bertz CT molecular complexity index is 140. The molecule has 0 aliphatic carbocycles. The molecule has 0 aromatic carbocycles. The molecule has 0 saturated carbocycles. The molecule has 0 fully saturated rings.